The Balaban J connectivity index is 2.27. The lowest BCUT2D eigenvalue weighted by atomic mass is 10.0. The number of carbonyl (C=O) groups excluding carboxylic acids is 2. The minimum absolute atomic E-state index is 0.0651. The average Bonchev–Trinajstić information content (AvgIpc) is 2.49. The summed E-state index contributed by atoms with van der Waals surface area (Å²) in [5.41, 5.74) is 2.04. The zero-order valence-corrected chi connectivity index (χ0v) is 12.2. The zero-order valence-electron chi connectivity index (χ0n) is 12.2. The molecule has 0 aromatic heterocycles. The fraction of sp³-hybridized carbons (Fsp3) is 0.375. The number of ether oxygens (including phenoxy) is 1. The van der Waals surface area contributed by atoms with Gasteiger partial charge in [0.05, 0.1) is 12.8 Å². The Kier molecular flexibility index (Phi) is 4.73. The van der Waals surface area contributed by atoms with Crippen LogP contribution in [0.1, 0.15) is 25.3 Å². The van der Waals surface area contributed by atoms with Gasteiger partial charge in [0.15, 0.2) is 0 Å². The molecule has 1 amide bonds. The maximum absolute atomic E-state index is 13.4. The van der Waals surface area contributed by atoms with Gasteiger partial charge in [-0.2, -0.15) is 0 Å². The summed E-state index contributed by atoms with van der Waals surface area (Å²) in [6, 6.07) is 4.47. The third-order valence-corrected chi connectivity index (χ3v) is 3.60. The molecule has 1 aliphatic heterocycles. The van der Waals surface area contributed by atoms with Crippen molar-refractivity contribution in [3.05, 3.63) is 41.2 Å². The monoisotopic (exact) mass is 291 g/mol. The summed E-state index contributed by atoms with van der Waals surface area (Å²) in [5, 5.41) is 0. The molecule has 1 aromatic rings. The van der Waals surface area contributed by atoms with Crippen molar-refractivity contribution in [1.82, 2.24) is 0 Å². The molecule has 1 aromatic carbocycles. The zero-order chi connectivity index (χ0) is 15.4. The summed E-state index contributed by atoms with van der Waals surface area (Å²) in [5.74, 6) is -0.841. The van der Waals surface area contributed by atoms with Crippen LogP contribution in [-0.4, -0.2) is 25.5 Å². The molecule has 5 heteroatoms. The van der Waals surface area contributed by atoms with E-state index in [9.17, 15) is 14.0 Å². The molecular formula is C16H18FNO3. The number of fused-ring (bicyclic) bond motifs is 1. The van der Waals surface area contributed by atoms with Crippen molar-refractivity contribution in [1.29, 1.82) is 0 Å². The minimum Gasteiger partial charge on any atom is -0.466 e. The minimum atomic E-state index is -0.401. The molecule has 0 saturated carbocycles. The lowest BCUT2D eigenvalue weighted by Crippen LogP contribution is -2.35. The highest BCUT2D eigenvalue weighted by atomic mass is 19.1. The van der Waals surface area contributed by atoms with Gasteiger partial charge in [-0.05, 0) is 30.5 Å². The van der Waals surface area contributed by atoms with Gasteiger partial charge >= 0.3 is 5.97 Å². The second-order valence-electron chi connectivity index (χ2n) is 4.85. The molecule has 1 aliphatic rings. The number of carbonyl (C=O) groups is 2. The molecule has 0 atom stereocenters. The van der Waals surface area contributed by atoms with Crippen LogP contribution < -0.4 is 4.90 Å². The molecule has 0 radical (unpaired) electrons. The first-order valence-electron chi connectivity index (χ1n) is 6.93. The summed E-state index contributed by atoms with van der Waals surface area (Å²) in [7, 11) is 1.32. The van der Waals surface area contributed by atoms with E-state index in [-0.39, 0.29) is 18.3 Å². The molecule has 0 fully saturated rings. The van der Waals surface area contributed by atoms with E-state index in [1.165, 1.54) is 24.1 Å². The van der Waals surface area contributed by atoms with E-state index in [0.29, 0.717) is 30.5 Å². The second-order valence-corrected chi connectivity index (χ2v) is 4.85. The van der Waals surface area contributed by atoms with Crippen LogP contribution in [0.25, 0.3) is 0 Å². The molecule has 21 heavy (non-hydrogen) atoms. The normalized spacial score (nSPS) is 14.9. The molecule has 0 bridgehead atoms. The van der Waals surface area contributed by atoms with Crippen LogP contribution in [0.2, 0.25) is 0 Å². The van der Waals surface area contributed by atoms with Gasteiger partial charge in [0.25, 0.3) is 0 Å². The first-order chi connectivity index (χ1) is 10.1. The third-order valence-electron chi connectivity index (χ3n) is 3.60. The molecule has 0 aliphatic carbocycles. The van der Waals surface area contributed by atoms with Gasteiger partial charge in [-0.25, -0.2) is 9.18 Å². The van der Waals surface area contributed by atoms with Crippen LogP contribution in [0.3, 0.4) is 0 Å². The molecular weight excluding hydrogens is 273 g/mol. The van der Waals surface area contributed by atoms with Gasteiger partial charge in [-0.1, -0.05) is 19.1 Å². The third kappa shape index (κ3) is 3.29. The van der Waals surface area contributed by atoms with Gasteiger partial charge in [0.1, 0.15) is 5.82 Å². The smallest absolute Gasteiger partial charge is 0.333 e. The van der Waals surface area contributed by atoms with E-state index in [1.54, 1.807) is 12.1 Å². The number of methoxy groups -OCH3 is 1. The molecule has 112 valence electrons. The van der Waals surface area contributed by atoms with Gasteiger partial charge < -0.3 is 9.64 Å². The summed E-state index contributed by atoms with van der Waals surface area (Å²) in [4.78, 5) is 25.1. The first kappa shape index (κ1) is 15.2. The van der Waals surface area contributed by atoms with Gasteiger partial charge in [-0.3, -0.25) is 4.79 Å². The van der Waals surface area contributed by atoms with E-state index < -0.39 is 5.97 Å². The predicted molar refractivity (Wildman–Crippen MR) is 77.5 cm³/mol. The Labute approximate surface area is 123 Å². The van der Waals surface area contributed by atoms with Crippen LogP contribution in [0.15, 0.2) is 29.8 Å². The van der Waals surface area contributed by atoms with Crippen molar-refractivity contribution in [2.75, 3.05) is 18.6 Å². The lowest BCUT2D eigenvalue weighted by Gasteiger charge is -2.28. The van der Waals surface area contributed by atoms with Crippen LogP contribution >= 0.6 is 0 Å². The average molecular weight is 291 g/mol. The molecule has 0 saturated heterocycles. The second kappa shape index (κ2) is 6.52. The van der Waals surface area contributed by atoms with E-state index in [4.69, 9.17) is 0 Å². The van der Waals surface area contributed by atoms with E-state index in [0.717, 1.165) is 5.56 Å². The summed E-state index contributed by atoms with van der Waals surface area (Å²) >= 11 is 0. The van der Waals surface area contributed by atoms with Crippen LogP contribution in [0.5, 0.6) is 0 Å². The number of halogens is 1. The van der Waals surface area contributed by atoms with Crippen molar-refractivity contribution in [2.24, 2.45) is 0 Å². The fourth-order valence-electron chi connectivity index (χ4n) is 2.42. The van der Waals surface area contributed by atoms with Crippen LogP contribution in [-0.2, 0) is 20.7 Å². The Morgan fingerprint density at radius 2 is 2.19 bits per heavy atom. The maximum Gasteiger partial charge on any atom is 0.333 e. The molecule has 0 spiro atoms. The summed E-state index contributed by atoms with van der Waals surface area (Å²) < 4.78 is 18.1. The maximum atomic E-state index is 13.4. The van der Waals surface area contributed by atoms with E-state index >= 15 is 0 Å². The number of amides is 1. The van der Waals surface area contributed by atoms with Crippen LogP contribution in [0, 0.1) is 5.82 Å². The number of rotatable bonds is 4. The van der Waals surface area contributed by atoms with Crippen molar-refractivity contribution >= 4 is 17.6 Å². The van der Waals surface area contributed by atoms with Crippen molar-refractivity contribution < 1.29 is 18.7 Å². The number of benzene rings is 1. The van der Waals surface area contributed by atoms with Crippen molar-refractivity contribution in [2.45, 2.75) is 26.2 Å². The number of anilines is 1. The molecule has 2 rings (SSSR count). The number of hydrogen-bond acceptors (Lipinski definition) is 3. The molecule has 1 heterocycles. The Morgan fingerprint density at radius 1 is 1.43 bits per heavy atom. The topological polar surface area (TPSA) is 46.6 Å². The van der Waals surface area contributed by atoms with Crippen LogP contribution in [0.4, 0.5) is 10.1 Å². The molecule has 4 nitrogen and oxygen atoms in total. The largest absolute Gasteiger partial charge is 0.466 e. The predicted octanol–water partition coefficient (Wildman–Crippen LogP) is 2.61. The lowest BCUT2D eigenvalue weighted by molar-refractivity contribution is -0.136. The van der Waals surface area contributed by atoms with Gasteiger partial charge in [-0.15, -0.1) is 0 Å². The number of nitrogens with zero attached hydrogens (tertiary/aromatic N) is 1. The van der Waals surface area contributed by atoms with E-state index in [1.807, 2.05) is 6.92 Å². The highest BCUT2D eigenvalue weighted by Crippen LogP contribution is 2.28. The number of aryl methyl sites for hydroxylation is 1. The van der Waals surface area contributed by atoms with Gasteiger partial charge in [0.2, 0.25) is 5.91 Å². The van der Waals surface area contributed by atoms with Crippen molar-refractivity contribution in [3.63, 3.8) is 0 Å². The molecule has 0 N–H and O–H groups in total. The summed E-state index contributed by atoms with van der Waals surface area (Å²) in [6.07, 6.45) is 3.20. The Hall–Kier alpha value is -2.17. The quantitative estimate of drug-likeness (QED) is 0.633. The number of hydrogen-bond donors (Lipinski definition) is 0. The molecule has 0 unspecified atom stereocenters. The standard InChI is InChI=1S/C16H18FNO3/c1-3-11(16(20)21-2)8-9-18-14-10-13(17)6-4-12(14)5-7-15(18)19/h4,6,8,10H,3,5,7,9H2,1-2H3. The Bertz CT molecular complexity index is 595. The van der Waals surface area contributed by atoms with E-state index in [2.05, 4.69) is 4.74 Å². The van der Waals surface area contributed by atoms with Gasteiger partial charge in [0, 0.05) is 18.5 Å². The number of esters is 1. The summed E-state index contributed by atoms with van der Waals surface area (Å²) in [6.45, 7) is 2.09. The highest BCUT2D eigenvalue weighted by molar-refractivity contribution is 5.97. The fourth-order valence-corrected chi connectivity index (χ4v) is 2.42. The Morgan fingerprint density at radius 3 is 2.86 bits per heavy atom. The highest BCUT2D eigenvalue weighted by Gasteiger charge is 2.24. The first-order valence-corrected chi connectivity index (χ1v) is 6.93. The van der Waals surface area contributed by atoms with Crippen molar-refractivity contribution in [3.8, 4) is 0 Å². The SMILES string of the molecule is CCC(=CCN1C(=O)CCc2ccc(F)cc21)C(=O)OC.